The minimum Gasteiger partial charge on any atom is -0.449 e. The molecule has 1 atom stereocenters. The Morgan fingerprint density at radius 1 is 1.53 bits per heavy atom. The van der Waals surface area contributed by atoms with Gasteiger partial charge in [0.1, 0.15) is 6.04 Å². The molecule has 8 heteroatoms. The fraction of sp³-hybridized carbons (Fsp3) is 0.667. The molecule has 1 unspecified atom stereocenters. The third-order valence-corrected chi connectivity index (χ3v) is 2.25. The van der Waals surface area contributed by atoms with Gasteiger partial charge in [-0.1, -0.05) is 0 Å². The summed E-state index contributed by atoms with van der Waals surface area (Å²) in [5.41, 5.74) is 0. The molecule has 0 bridgehead atoms. The van der Waals surface area contributed by atoms with Gasteiger partial charge in [-0.05, 0) is 19.8 Å². The number of imide groups is 1. The largest absolute Gasteiger partial charge is 0.449 e. The molecular formula is C9H16N4O4. The number of hydrogen-bond acceptors (Lipinski definition) is 5. The van der Waals surface area contributed by atoms with Crippen LogP contribution in [0.1, 0.15) is 19.8 Å². The number of nitrogens with zero attached hydrogens (tertiary/aromatic N) is 1. The van der Waals surface area contributed by atoms with Crippen molar-refractivity contribution in [2.45, 2.75) is 25.8 Å². The summed E-state index contributed by atoms with van der Waals surface area (Å²) in [5, 5.41) is 5.52. The number of carbonyl (C=O) groups excluding carboxylic acids is 3. The van der Waals surface area contributed by atoms with Gasteiger partial charge in [-0.2, -0.15) is 0 Å². The number of ether oxygens (including phenoxy) is 1. The second kappa shape index (κ2) is 6.04. The molecule has 4 N–H and O–H groups in total. The van der Waals surface area contributed by atoms with Gasteiger partial charge in [-0.15, -0.1) is 0 Å². The average molecular weight is 244 g/mol. The first-order valence-electron chi connectivity index (χ1n) is 5.35. The van der Waals surface area contributed by atoms with E-state index in [9.17, 15) is 14.4 Å². The fourth-order valence-corrected chi connectivity index (χ4v) is 1.43. The van der Waals surface area contributed by atoms with E-state index < -0.39 is 18.2 Å². The van der Waals surface area contributed by atoms with E-state index in [1.165, 1.54) is 0 Å². The smallest absolute Gasteiger partial charge is 0.424 e. The highest BCUT2D eigenvalue weighted by atomic mass is 16.6. The second-order valence-corrected chi connectivity index (χ2v) is 3.55. The lowest BCUT2D eigenvalue weighted by molar-refractivity contribution is -0.120. The standard InChI is InChI=1S/C9H16N4O4/c1-2-17-9(16)13(10)5-3-4-6-7(14)12-8(15)11-6/h6H,2-5,10H2,1H3,(H2,11,12,14,15). The molecule has 1 rings (SSSR count). The quantitative estimate of drug-likeness (QED) is 0.256. The molecule has 0 radical (unpaired) electrons. The number of urea groups is 1. The summed E-state index contributed by atoms with van der Waals surface area (Å²) in [7, 11) is 0. The van der Waals surface area contributed by atoms with Crippen molar-refractivity contribution in [2.75, 3.05) is 13.2 Å². The van der Waals surface area contributed by atoms with Crippen molar-refractivity contribution in [3.63, 3.8) is 0 Å². The van der Waals surface area contributed by atoms with E-state index in [0.717, 1.165) is 5.01 Å². The van der Waals surface area contributed by atoms with E-state index in [-0.39, 0.29) is 19.1 Å². The summed E-state index contributed by atoms with van der Waals surface area (Å²) in [6, 6.07) is -1.03. The van der Waals surface area contributed by atoms with Crippen molar-refractivity contribution in [2.24, 2.45) is 5.84 Å². The molecule has 1 heterocycles. The van der Waals surface area contributed by atoms with Crippen LogP contribution in [0.3, 0.4) is 0 Å². The molecule has 1 aliphatic heterocycles. The summed E-state index contributed by atoms with van der Waals surface area (Å²) >= 11 is 0. The summed E-state index contributed by atoms with van der Waals surface area (Å²) in [4.78, 5) is 33.1. The molecule has 0 aromatic carbocycles. The summed E-state index contributed by atoms with van der Waals surface area (Å²) < 4.78 is 4.68. The lowest BCUT2D eigenvalue weighted by Crippen LogP contribution is -2.39. The molecule has 1 aliphatic rings. The number of hydrazine groups is 1. The maximum atomic E-state index is 11.2. The number of hydrogen-bond donors (Lipinski definition) is 3. The maximum absolute atomic E-state index is 11.2. The summed E-state index contributed by atoms with van der Waals surface area (Å²) in [6.07, 6.45) is 0.311. The Morgan fingerprint density at radius 3 is 2.76 bits per heavy atom. The van der Waals surface area contributed by atoms with Gasteiger partial charge < -0.3 is 10.1 Å². The van der Waals surface area contributed by atoms with Crippen LogP contribution in [0.15, 0.2) is 0 Å². The topological polar surface area (TPSA) is 114 Å². The molecule has 0 aromatic rings. The number of nitrogens with two attached hydrogens (primary N) is 1. The Bertz CT molecular complexity index is 320. The molecule has 1 fully saturated rings. The van der Waals surface area contributed by atoms with Crippen molar-refractivity contribution in [3.05, 3.63) is 0 Å². The van der Waals surface area contributed by atoms with Crippen LogP contribution >= 0.6 is 0 Å². The second-order valence-electron chi connectivity index (χ2n) is 3.55. The van der Waals surface area contributed by atoms with Gasteiger partial charge in [0.05, 0.1) is 6.61 Å². The van der Waals surface area contributed by atoms with Crippen LogP contribution < -0.4 is 16.5 Å². The summed E-state index contributed by atoms with van der Waals surface area (Å²) in [6.45, 7) is 2.20. The van der Waals surface area contributed by atoms with Crippen LogP contribution in [-0.4, -0.2) is 42.2 Å². The Kier molecular flexibility index (Phi) is 4.70. The lowest BCUT2D eigenvalue weighted by Gasteiger charge is -2.16. The Morgan fingerprint density at radius 2 is 2.24 bits per heavy atom. The maximum Gasteiger partial charge on any atom is 0.424 e. The zero-order valence-corrected chi connectivity index (χ0v) is 9.56. The molecule has 0 aliphatic carbocycles. The SMILES string of the molecule is CCOC(=O)N(N)CCCC1NC(=O)NC1=O. The molecular weight excluding hydrogens is 228 g/mol. The minimum atomic E-state index is -0.604. The fourth-order valence-electron chi connectivity index (χ4n) is 1.43. The first-order chi connectivity index (χ1) is 8.04. The number of nitrogens with one attached hydrogen (secondary N) is 2. The van der Waals surface area contributed by atoms with Gasteiger partial charge in [0.2, 0.25) is 0 Å². The molecule has 8 nitrogen and oxygen atoms in total. The van der Waals surface area contributed by atoms with Crippen molar-refractivity contribution >= 4 is 18.0 Å². The number of carbonyl (C=O) groups is 3. The van der Waals surface area contributed by atoms with Crippen molar-refractivity contribution in [3.8, 4) is 0 Å². The van der Waals surface area contributed by atoms with Gasteiger partial charge in [0.25, 0.3) is 5.91 Å². The van der Waals surface area contributed by atoms with E-state index in [0.29, 0.717) is 12.8 Å². The van der Waals surface area contributed by atoms with Gasteiger partial charge in [-0.3, -0.25) is 10.1 Å². The van der Waals surface area contributed by atoms with E-state index in [1.807, 2.05) is 0 Å². The normalized spacial score (nSPS) is 18.6. The zero-order valence-electron chi connectivity index (χ0n) is 9.56. The van der Waals surface area contributed by atoms with Crippen LogP contribution in [0.5, 0.6) is 0 Å². The van der Waals surface area contributed by atoms with E-state index >= 15 is 0 Å². The molecule has 1 saturated heterocycles. The van der Waals surface area contributed by atoms with Gasteiger partial charge in [0.15, 0.2) is 0 Å². The lowest BCUT2D eigenvalue weighted by atomic mass is 10.1. The van der Waals surface area contributed by atoms with Gasteiger partial charge in [-0.25, -0.2) is 20.4 Å². The van der Waals surface area contributed by atoms with E-state index in [4.69, 9.17) is 5.84 Å². The zero-order chi connectivity index (χ0) is 12.8. The highest BCUT2D eigenvalue weighted by Gasteiger charge is 2.28. The van der Waals surface area contributed by atoms with E-state index in [2.05, 4.69) is 15.4 Å². The van der Waals surface area contributed by atoms with Gasteiger partial charge >= 0.3 is 12.1 Å². The van der Waals surface area contributed by atoms with Crippen molar-refractivity contribution in [1.82, 2.24) is 15.6 Å². The molecule has 4 amide bonds. The molecule has 0 saturated carbocycles. The van der Waals surface area contributed by atoms with Crippen LogP contribution in [0.2, 0.25) is 0 Å². The average Bonchev–Trinajstić information content (AvgIpc) is 2.57. The van der Waals surface area contributed by atoms with E-state index in [1.54, 1.807) is 6.92 Å². The highest BCUT2D eigenvalue weighted by molar-refractivity contribution is 6.04. The Balaban J connectivity index is 2.21. The first-order valence-corrected chi connectivity index (χ1v) is 5.35. The third kappa shape index (κ3) is 3.91. The van der Waals surface area contributed by atoms with Crippen LogP contribution in [-0.2, 0) is 9.53 Å². The Labute approximate surface area is 98.4 Å². The molecule has 0 spiro atoms. The molecule has 0 aromatic heterocycles. The third-order valence-electron chi connectivity index (χ3n) is 2.25. The first kappa shape index (κ1) is 13.2. The predicted octanol–water partition coefficient (Wildman–Crippen LogP) is -0.693. The Hall–Kier alpha value is -1.83. The predicted molar refractivity (Wildman–Crippen MR) is 57.6 cm³/mol. The highest BCUT2D eigenvalue weighted by Crippen LogP contribution is 2.03. The van der Waals surface area contributed by atoms with Crippen LogP contribution in [0.25, 0.3) is 0 Å². The van der Waals surface area contributed by atoms with Gasteiger partial charge in [0, 0.05) is 6.54 Å². The molecule has 17 heavy (non-hydrogen) atoms. The number of amides is 4. The van der Waals surface area contributed by atoms with Crippen LogP contribution in [0, 0.1) is 0 Å². The minimum absolute atomic E-state index is 0.258. The number of rotatable bonds is 5. The summed E-state index contributed by atoms with van der Waals surface area (Å²) in [5.74, 6) is 5.07. The van der Waals surface area contributed by atoms with Crippen molar-refractivity contribution in [1.29, 1.82) is 0 Å². The molecule has 96 valence electrons. The van der Waals surface area contributed by atoms with Crippen molar-refractivity contribution < 1.29 is 19.1 Å². The van der Waals surface area contributed by atoms with Crippen LogP contribution in [0.4, 0.5) is 9.59 Å². The monoisotopic (exact) mass is 244 g/mol.